The largest absolute Gasteiger partial charge is 0.361 e. The van der Waals surface area contributed by atoms with Crippen LogP contribution in [0.3, 0.4) is 0 Å². The fourth-order valence-electron chi connectivity index (χ4n) is 2.21. The lowest BCUT2D eigenvalue weighted by Crippen LogP contribution is -2.45. The van der Waals surface area contributed by atoms with Crippen LogP contribution in [0, 0.1) is 11.3 Å². The summed E-state index contributed by atoms with van der Waals surface area (Å²) in [6.45, 7) is 2.57. The van der Waals surface area contributed by atoms with Gasteiger partial charge in [0.2, 0.25) is 0 Å². The summed E-state index contributed by atoms with van der Waals surface area (Å²) in [4.78, 5) is 2.22. The standard InChI is InChI=1S/C13H16BrN3O/c14-11-3-1-10(2-4-11)13(8-16)17-5-6-18-12(7-15)9-17/h1-4,12-13H,5-6,8-9,16H2. The quantitative estimate of drug-likeness (QED) is 0.922. The van der Waals surface area contributed by atoms with E-state index < -0.39 is 0 Å². The maximum absolute atomic E-state index is 8.93. The van der Waals surface area contributed by atoms with Gasteiger partial charge in [-0.2, -0.15) is 5.26 Å². The first-order valence-electron chi connectivity index (χ1n) is 5.95. The van der Waals surface area contributed by atoms with Crippen molar-refractivity contribution in [2.45, 2.75) is 12.1 Å². The van der Waals surface area contributed by atoms with Crippen molar-refractivity contribution in [3.8, 4) is 6.07 Å². The molecule has 1 heterocycles. The highest BCUT2D eigenvalue weighted by atomic mass is 79.9. The maximum Gasteiger partial charge on any atom is 0.156 e. The highest BCUT2D eigenvalue weighted by Crippen LogP contribution is 2.23. The predicted molar refractivity (Wildman–Crippen MR) is 72.9 cm³/mol. The average molecular weight is 310 g/mol. The number of benzene rings is 1. The van der Waals surface area contributed by atoms with Gasteiger partial charge in [0.05, 0.1) is 12.7 Å². The first-order valence-corrected chi connectivity index (χ1v) is 6.74. The smallest absolute Gasteiger partial charge is 0.156 e. The Morgan fingerprint density at radius 3 is 2.83 bits per heavy atom. The van der Waals surface area contributed by atoms with Gasteiger partial charge in [-0.05, 0) is 17.7 Å². The summed E-state index contributed by atoms with van der Waals surface area (Å²) < 4.78 is 6.41. The number of nitrogens with zero attached hydrogens (tertiary/aromatic N) is 2. The molecule has 1 aromatic carbocycles. The zero-order valence-corrected chi connectivity index (χ0v) is 11.6. The maximum atomic E-state index is 8.93. The summed E-state index contributed by atoms with van der Waals surface area (Å²) in [6, 6.07) is 10.5. The van der Waals surface area contributed by atoms with Crippen molar-refractivity contribution in [1.82, 2.24) is 4.90 Å². The summed E-state index contributed by atoms with van der Waals surface area (Å²) >= 11 is 3.43. The van der Waals surface area contributed by atoms with Gasteiger partial charge in [0.1, 0.15) is 0 Å². The lowest BCUT2D eigenvalue weighted by Gasteiger charge is -2.36. The molecule has 0 radical (unpaired) electrons. The molecule has 18 heavy (non-hydrogen) atoms. The zero-order chi connectivity index (χ0) is 13.0. The Bertz CT molecular complexity index is 429. The SMILES string of the molecule is N#CC1CN(C(CN)c2ccc(Br)cc2)CCO1. The van der Waals surface area contributed by atoms with E-state index in [0.29, 0.717) is 19.7 Å². The van der Waals surface area contributed by atoms with Gasteiger partial charge in [0.25, 0.3) is 0 Å². The highest BCUT2D eigenvalue weighted by Gasteiger charge is 2.26. The summed E-state index contributed by atoms with van der Waals surface area (Å²) in [7, 11) is 0. The number of morpholine rings is 1. The Morgan fingerprint density at radius 2 is 2.22 bits per heavy atom. The Morgan fingerprint density at radius 1 is 1.50 bits per heavy atom. The molecule has 2 rings (SSSR count). The van der Waals surface area contributed by atoms with Gasteiger partial charge in [-0.25, -0.2) is 0 Å². The van der Waals surface area contributed by atoms with Crippen molar-refractivity contribution < 1.29 is 4.74 Å². The molecule has 0 bridgehead atoms. The van der Waals surface area contributed by atoms with Gasteiger partial charge in [-0.15, -0.1) is 0 Å². The molecule has 0 amide bonds. The van der Waals surface area contributed by atoms with Crippen molar-refractivity contribution >= 4 is 15.9 Å². The van der Waals surface area contributed by atoms with Crippen molar-refractivity contribution in [1.29, 1.82) is 5.26 Å². The summed E-state index contributed by atoms with van der Waals surface area (Å²) in [5.74, 6) is 0. The van der Waals surface area contributed by atoms with E-state index >= 15 is 0 Å². The molecule has 4 nitrogen and oxygen atoms in total. The molecule has 0 spiro atoms. The summed E-state index contributed by atoms with van der Waals surface area (Å²) in [5, 5.41) is 8.93. The summed E-state index contributed by atoms with van der Waals surface area (Å²) in [5.41, 5.74) is 7.06. The predicted octanol–water partition coefficient (Wildman–Crippen LogP) is 1.67. The van der Waals surface area contributed by atoms with Crippen molar-refractivity contribution in [2.75, 3.05) is 26.2 Å². The van der Waals surface area contributed by atoms with Crippen LogP contribution >= 0.6 is 15.9 Å². The van der Waals surface area contributed by atoms with E-state index in [-0.39, 0.29) is 12.1 Å². The van der Waals surface area contributed by atoms with Crippen LogP contribution in [0.1, 0.15) is 11.6 Å². The van der Waals surface area contributed by atoms with Crippen LogP contribution in [0.5, 0.6) is 0 Å². The fraction of sp³-hybridized carbons (Fsp3) is 0.462. The van der Waals surface area contributed by atoms with Gasteiger partial charge in [-0.1, -0.05) is 28.1 Å². The first-order chi connectivity index (χ1) is 8.74. The van der Waals surface area contributed by atoms with Crippen LogP contribution in [0.2, 0.25) is 0 Å². The molecule has 1 saturated heterocycles. The van der Waals surface area contributed by atoms with Crippen LogP contribution in [-0.4, -0.2) is 37.2 Å². The normalized spacial score (nSPS) is 22.4. The lowest BCUT2D eigenvalue weighted by molar-refractivity contribution is -0.0161. The minimum absolute atomic E-state index is 0.151. The molecule has 1 aromatic rings. The highest BCUT2D eigenvalue weighted by molar-refractivity contribution is 9.10. The fourth-order valence-corrected chi connectivity index (χ4v) is 2.48. The Balaban J connectivity index is 2.13. The van der Waals surface area contributed by atoms with Crippen LogP contribution < -0.4 is 5.73 Å². The van der Waals surface area contributed by atoms with E-state index in [4.69, 9.17) is 15.7 Å². The second-order valence-electron chi connectivity index (χ2n) is 4.29. The van der Waals surface area contributed by atoms with Gasteiger partial charge in [0, 0.05) is 30.1 Å². The molecule has 2 N–H and O–H groups in total. The molecule has 0 saturated carbocycles. The number of nitriles is 1. The third-order valence-electron chi connectivity index (χ3n) is 3.16. The van der Waals surface area contributed by atoms with Crippen LogP contribution in [0.4, 0.5) is 0 Å². The van der Waals surface area contributed by atoms with E-state index in [0.717, 1.165) is 11.0 Å². The molecule has 1 fully saturated rings. The van der Waals surface area contributed by atoms with E-state index in [1.54, 1.807) is 0 Å². The monoisotopic (exact) mass is 309 g/mol. The van der Waals surface area contributed by atoms with E-state index in [2.05, 4.69) is 39.0 Å². The first kappa shape index (κ1) is 13.5. The second kappa shape index (κ2) is 6.30. The Hall–Kier alpha value is -0.930. The van der Waals surface area contributed by atoms with Gasteiger partial charge in [0.15, 0.2) is 6.10 Å². The minimum atomic E-state index is -0.344. The summed E-state index contributed by atoms with van der Waals surface area (Å²) in [6.07, 6.45) is -0.344. The van der Waals surface area contributed by atoms with E-state index in [1.165, 1.54) is 5.56 Å². The molecule has 96 valence electrons. The topological polar surface area (TPSA) is 62.3 Å². The molecule has 0 aliphatic carbocycles. The molecular formula is C13H16BrN3O. The van der Waals surface area contributed by atoms with E-state index in [9.17, 15) is 0 Å². The van der Waals surface area contributed by atoms with Crippen molar-refractivity contribution in [3.05, 3.63) is 34.3 Å². The zero-order valence-electron chi connectivity index (χ0n) is 10.1. The molecule has 2 atom stereocenters. The molecule has 1 aliphatic heterocycles. The van der Waals surface area contributed by atoms with Gasteiger partial charge in [-0.3, -0.25) is 4.90 Å². The van der Waals surface area contributed by atoms with Crippen molar-refractivity contribution in [3.63, 3.8) is 0 Å². The van der Waals surface area contributed by atoms with Gasteiger partial charge >= 0.3 is 0 Å². The van der Waals surface area contributed by atoms with Crippen molar-refractivity contribution in [2.24, 2.45) is 5.73 Å². The number of halogens is 1. The number of hydrogen-bond donors (Lipinski definition) is 1. The number of ether oxygens (including phenoxy) is 1. The molecule has 0 aromatic heterocycles. The van der Waals surface area contributed by atoms with Crippen LogP contribution in [-0.2, 0) is 4.74 Å². The number of rotatable bonds is 3. The lowest BCUT2D eigenvalue weighted by atomic mass is 10.0. The van der Waals surface area contributed by atoms with Crippen LogP contribution in [0.25, 0.3) is 0 Å². The average Bonchev–Trinajstić information content (AvgIpc) is 2.42. The molecule has 1 aliphatic rings. The number of hydrogen-bond acceptors (Lipinski definition) is 4. The Labute approximate surface area is 115 Å². The van der Waals surface area contributed by atoms with Gasteiger partial charge < -0.3 is 10.5 Å². The number of nitrogens with two attached hydrogens (primary N) is 1. The molecule has 5 heteroatoms. The molecule has 2 unspecified atom stereocenters. The third kappa shape index (κ3) is 3.09. The minimum Gasteiger partial charge on any atom is -0.361 e. The van der Waals surface area contributed by atoms with E-state index in [1.807, 2.05) is 12.1 Å². The second-order valence-corrected chi connectivity index (χ2v) is 5.20. The molecular weight excluding hydrogens is 294 g/mol. The third-order valence-corrected chi connectivity index (χ3v) is 3.69. The van der Waals surface area contributed by atoms with Crippen LogP contribution in [0.15, 0.2) is 28.7 Å². The Kier molecular flexibility index (Phi) is 4.72.